The largest absolute Gasteiger partial charge is 0.296 e. The number of aromatic amines is 1. The molecule has 0 spiro atoms. The zero-order chi connectivity index (χ0) is 9.42. The number of aromatic nitrogens is 2. The first-order valence-corrected chi connectivity index (χ1v) is 3.88. The van der Waals surface area contributed by atoms with Crippen LogP contribution < -0.4 is 5.43 Å². The number of H-pyrrole nitrogens is 1. The standard InChI is InChI=1S/C9H8N2O2/c1-6-8-4-7(5-12)10-11(8)3-2-9(6)13/h2-5,10H,1H3. The molecule has 0 atom stereocenters. The lowest BCUT2D eigenvalue weighted by Crippen LogP contribution is -2.05. The van der Waals surface area contributed by atoms with Crippen LogP contribution in [0.5, 0.6) is 0 Å². The van der Waals surface area contributed by atoms with Crippen LogP contribution in [0.15, 0.2) is 23.1 Å². The van der Waals surface area contributed by atoms with Crippen LogP contribution in [0.2, 0.25) is 0 Å². The highest BCUT2D eigenvalue weighted by atomic mass is 16.1. The van der Waals surface area contributed by atoms with E-state index in [1.165, 1.54) is 6.07 Å². The Balaban J connectivity index is 2.91. The molecule has 0 bridgehead atoms. The average Bonchev–Trinajstić information content (AvgIpc) is 2.55. The van der Waals surface area contributed by atoms with Crippen molar-refractivity contribution in [2.24, 2.45) is 0 Å². The van der Waals surface area contributed by atoms with Crippen molar-refractivity contribution in [3.63, 3.8) is 0 Å². The van der Waals surface area contributed by atoms with Gasteiger partial charge < -0.3 is 0 Å². The van der Waals surface area contributed by atoms with Gasteiger partial charge in [-0.3, -0.25) is 19.2 Å². The maximum Gasteiger partial charge on any atom is 0.185 e. The third-order valence-electron chi connectivity index (χ3n) is 2.06. The van der Waals surface area contributed by atoms with Crippen LogP contribution in [0.1, 0.15) is 16.1 Å². The number of hydrogen-bond donors (Lipinski definition) is 1. The Hall–Kier alpha value is -1.84. The normalized spacial score (nSPS) is 10.5. The molecule has 0 fully saturated rings. The van der Waals surface area contributed by atoms with Gasteiger partial charge in [-0.05, 0) is 13.0 Å². The van der Waals surface area contributed by atoms with Gasteiger partial charge in [-0.25, -0.2) is 0 Å². The van der Waals surface area contributed by atoms with Crippen LogP contribution in [-0.2, 0) is 0 Å². The first-order valence-electron chi connectivity index (χ1n) is 3.88. The van der Waals surface area contributed by atoms with Gasteiger partial charge in [0.05, 0.1) is 11.2 Å². The molecule has 0 aromatic carbocycles. The van der Waals surface area contributed by atoms with Gasteiger partial charge >= 0.3 is 0 Å². The summed E-state index contributed by atoms with van der Waals surface area (Å²) in [6, 6.07) is 3.12. The van der Waals surface area contributed by atoms with Gasteiger partial charge in [-0.1, -0.05) is 0 Å². The van der Waals surface area contributed by atoms with E-state index in [1.807, 2.05) is 0 Å². The van der Waals surface area contributed by atoms with Crippen molar-refractivity contribution in [3.05, 3.63) is 39.8 Å². The number of carbonyl (C=O) groups excluding carboxylic acids is 1. The summed E-state index contributed by atoms with van der Waals surface area (Å²) in [6.45, 7) is 1.74. The highest BCUT2D eigenvalue weighted by Crippen LogP contribution is 2.06. The van der Waals surface area contributed by atoms with Crippen molar-refractivity contribution in [1.82, 2.24) is 9.61 Å². The number of aryl methyl sites for hydroxylation is 1. The Morgan fingerprint density at radius 2 is 2.31 bits per heavy atom. The van der Waals surface area contributed by atoms with E-state index in [0.717, 1.165) is 11.8 Å². The zero-order valence-corrected chi connectivity index (χ0v) is 7.07. The average molecular weight is 176 g/mol. The number of nitrogens with zero attached hydrogens (tertiary/aromatic N) is 1. The Bertz CT molecular complexity index is 522. The minimum atomic E-state index is -0.0172. The first kappa shape index (κ1) is 7.79. The van der Waals surface area contributed by atoms with Gasteiger partial charge in [0.15, 0.2) is 11.7 Å². The highest BCUT2D eigenvalue weighted by molar-refractivity contribution is 5.75. The second-order valence-corrected chi connectivity index (χ2v) is 2.89. The number of hydrogen-bond acceptors (Lipinski definition) is 2. The molecular weight excluding hydrogens is 168 g/mol. The number of fused-ring (bicyclic) bond motifs is 1. The topological polar surface area (TPSA) is 54.3 Å². The molecular formula is C9H8N2O2. The van der Waals surface area contributed by atoms with Crippen molar-refractivity contribution in [3.8, 4) is 0 Å². The molecule has 1 N–H and O–H groups in total. The zero-order valence-electron chi connectivity index (χ0n) is 7.07. The van der Waals surface area contributed by atoms with Crippen molar-refractivity contribution in [2.75, 3.05) is 0 Å². The van der Waals surface area contributed by atoms with Crippen molar-refractivity contribution in [1.29, 1.82) is 0 Å². The lowest BCUT2D eigenvalue weighted by molar-refractivity contribution is 0.111. The highest BCUT2D eigenvalue weighted by Gasteiger charge is 2.02. The Labute approximate surface area is 73.8 Å². The Morgan fingerprint density at radius 3 is 3.00 bits per heavy atom. The van der Waals surface area contributed by atoms with Gasteiger partial charge in [0.2, 0.25) is 0 Å². The molecule has 0 unspecified atom stereocenters. The van der Waals surface area contributed by atoms with Crippen LogP contribution in [-0.4, -0.2) is 15.9 Å². The van der Waals surface area contributed by atoms with Crippen LogP contribution in [0.3, 0.4) is 0 Å². The summed E-state index contributed by atoms with van der Waals surface area (Å²) in [5.41, 5.74) is 1.84. The Kier molecular flexibility index (Phi) is 1.55. The van der Waals surface area contributed by atoms with Crippen LogP contribution in [0.25, 0.3) is 5.52 Å². The minimum absolute atomic E-state index is 0.0172. The fourth-order valence-corrected chi connectivity index (χ4v) is 1.31. The fourth-order valence-electron chi connectivity index (χ4n) is 1.31. The van der Waals surface area contributed by atoms with Gasteiger partial charge in [0, 0.05) is 17.8 Å². The van der Waals surface area contributed by atoms with E-state index in [-0.39, 0.29) is 5.43 Å². The van der Waals surface area contributed by atoms with Crippen LogP contribution in [0, 0.1) is 6.92 Å². The molecule has 0 radical (unpaired) electrons. The van der Waals surface area contributed by atoms with E-state index in [9.17, 15) is 9.59 Å². The van der Waals surface area contributed by atoms with E-state index in [4.69, 9.17) is 0 Å². The van der Waals surface area contributed by atoms with Crippen molar-refractivity contribution in [2.45, 2.75) is 6.92 Å². The second-order valence-electron chi connectivity index (χ2n) is 2.89. The molecule has 2 aromatic heterocycles. The molecule has 2 aromatic rings. The lowest BCUT2D eigenvalue weighted by Gasteiger charge is -1.94. The van der Waals surface area contributed by atoms with Gasteiger partial charge in [0.25, 0.3) is 0 Å². The number of pyridine rings is 1. The number of aldehydes is 1. The molecule has 13 heavy (non-hydrogen) atoms. The van der Waals surface area contributed by atoms with Crippen LogP contribution >= 0.6 is 0 Å². The monoisotopic (exact) mass is 176 g/mol. The molecule has 4 heteroatoms. The summed E-state index contributed by atoms with van der Waals surface area (Å²) in [5.74, 6) is 0. The molecule has 0 aliphatic carbocycles. The molecule has 2 heterocycles. The molecule has 0 saturated heterocycles. The summed E-state index contributed by atoms with van der Waals surface area (Å²) in [5, 5.41) is 2.82. The molecule has 2 rings (SSSR count). The minimum Gasteiger partial charge on any atom is -0.296 e. The first-order chi connectivity index (χ1) is 6.22. The van der Waals surface area contributed by atoms with Gasteiger partial charge in [0.1, 0.15) is 0 Å². The smallest absolute Gasteiger partial charge is 0.185 e. The molecule has 0 aliphatic rings. The predicted molar refractivity (Wildman–Crippen MR) is 48.1 cm³/mol. The van der Waals surface area contributed by atoms with E-state index in [1.54, 1.807) is 23.7 Å². The molecule has 0 saturated carbocycles. The van der Waals surface area contributed by atoms with Crippen molar-refractivity contribution >= 4 is 11.8 Å². The lowest BCUT2D eigenvalue weighted by atomic mass is 10.2. The van der Waals surface area contributed by atoms with E-state index < -0.39 is 0 Å². The van der Waals surface area contributed by atoms with E-state index in [2.05, 4.69) is 5.10 Å². The number of rotatable bonds is 1. The van der Waals surface area contributed by atoms with Crippen LogP contribution in [0.4, 0.5) is 0 Å². The van der Waals surface area contributed by atoms with E-state index in [0.29, 0.717) is 11.3 Å². The SMILES string of the molecule is Cc1c(=O)ccn2[nH]c(C=O)cc12. The summed E-state index contributed by atoms with van der Waals surface area (Å²) >= 11 is 0. The van der Waals surface area contributed by atoms with Gasteiger partial charge in [-0.2, -0.15) is 0 Å². The maximum atomic E-state index is 11.2. The predicted octanol–water partition coefficient (Wildman–Crippen LogP) is 0.749. The molecule has 66 valence electrons. The van der Waals surface area contributed by atoms with Gasteiger partial charge in [-0.15, -0.1) is 0 Å². The Morgan fingerprint density at radius 1 is 1.54 bits per heavy atom. The number of carbonyl (C=O) groups is 1. The third kappa shape index (κ3) is 1.07. The molecule has 4 nitrogen and oxygen atoms in total. The van der Waals surface area contributed by atoms with Crippen molar-refractivity contribution < 1.29 is 4.79 Å². The fraction of sp³-hybridized carbons (Fsp3) is 0.111. The summed E-state index contributed by atoms with van der Waals surface area (Å²) in [6.07, 6.45) is 2.33. The molecule has 0 amide bonds. The molecule has 0 aliphatic heterocycles. The third-order valence-corrected chi connectivity index (χ3v) is 2.06. The summed E-state index contributed by atoms with van der Waals surface area (Å²) in [7, 11) is 0. The summed E-state index contributed by atoms with van der Waals surface area (Å²) in [4.78, 5) is 21.7. The van der Waals surface area contributed by atoms with E-state index >= 15 is 0 Å². The maximum absolute atomic E-state index is 11.2. The number of nitrogens with one attached hydrogen (secondary N) is 1. The summed E-state index contributed by atoms with van der Waals surface area (Å²) < 4.78 is 1.65. The quantitative estimate of drug-likeness (QED) is 0.652. The second kappa shape index (κ2) is 2.58.